The number of nitrogens with zero attached hydrogens (tertiary/aromatic N) is 1. The van der Waals surface area contributed by atoms with Gasteiger partial charge >= 0.3 is 11.9 Å². The Kier molecular flexibility index (Phi) is 41.9. The van der Waals surface area contributed by atoms with Gasteiger partial charge in [0, 0.05) is 19.3 Å². The van der Waals surface area contributed by atoms with E-state index < -0.39 is 18.1 Å². The molecule has 0 aliphatic carbocycles. The first-order valence-corrected chi connectivity index (χ1v) is 24.2. The predicted octanol–water partition coefficient (Wildman–Crippen LogP) is 12.6. The number of rotatable bonds is 41. The number of carbonyl (C=O) groups excluding carboxylic acids is 3. The Morgan fingerprint density at radius 3 is 1.22 bits per heavy atom. The van der Waals surface area contributed by atoms with Crippen molar-refractivity contribution in [2.75, 3.05) is 41.0 Å². The summed E-state index contributed by atoms with van der Waals surface area (Å²) in [6, 6.07) is -0.749. The van der Waals surface area contributed by atoms with Crippen molar-refractivity contribution in [3.05, 3.63) is 134 Å². The van der Waals surface area contributed by atoms with Gasteiger partial charge in [-0.2, -0.15) is 0 Å². The van der Waals surface area contributed by atoms with Crippen LogP contribution >= 0.6 is 0 Å². The SMILES string of the molecule is CC/C=C/C/C=C/C/C=C/C/C=C/C/C=C/C/C=C/CCCCC(=O)OC(COCCC(C(=O)[O-])[N+](C)(C)C)COC(=O)CCCCC/C=C/C/C=C/C/C=C/C/C=C/C/C=C/CC. The second-order valence-electron chi connectivity index (χ2n) is 16.6. The van der Waals surface area contributed by atoms with Crippen molar-refractivity contribution >= 4 is 17.9 Å². The van der Waals surface area contributed by atoms with E-state index in [1.54, 1.807) is 21.1 Å². The summed E-state index contributed by atoms with van der Waals surface area (Å²) in [5, 5.41) is 11.7. The van der Waals surface area contributed by atoms with Gasteiger partial charge in [0.2, 0.25) is 0 Å². The van der Waals surface area contributed by atoms with E-state index >= 15 is 0 Å². The van der Waals surface area contributed by atoms with Crippen molar-refractivity contribution in [3.63, 3.8) is 0 Å². The van der Waals surface area contributed by atoms with Crippen LogP contribution in [0.5, 0.6) is 0 Å². The van der Waals surface area contributed by atoms with Gasteiger partial charge in [-0.15, -0.1) is 0 Å². The zero-order chi connectivity index (χ0) is 47.0. The van der Waals surface area contributed by atoms with Crippen LogP contribution in [-0.4, -0.2) is 75.5 Å². The lowest BCUT2D eigenvalue weighted by Crippen LogP contribution is -2.55. The summed E-state index contributed by atoms with van der Waals surface area (Å²) in [5.74, 6) is -1.86. The lowest BCUT2D eigenvalue weighted by Gasteiger charge is -2.34. The molecule has 64 heavy (non-hydrogen) atoms. The largest absolute Gasteiger partial charge is 0.544 e. The van der Waals surface area contributed by atoms with Gasteiger partial charge in [0.15, 0.2) is 6.10 Å². The van der Waals surface area contributed by atoms with Gasteiger partial charge in [0.05, 0.1) is 40.3 Å². The van der Waals surface area contributed by atoms with Crippen LogP contribution in [0.4, 0.5) is 0 Å². The molecular formula is C56H87NO7. The molecular weight excluding hydrogens is 799 g/mol. The van der Waals surface area contributed by atoms with Crippen molar-refractivity contribution in [3.8, 4) is 0 Å². The van der Waals surface area contributed by atoms with Gasteiger partial charge in [-0.25, -0.2) is 0 Å². The fourth-order valence-corrected chi connectivity index (χ4v) is 6.10. The van der Waals surface area contributed by atoms with E-state index in [-0.39, 0.29) is 49.1 Å². The van der Waals surface area contributed by atoms with E-state index in [1.165, 1.54) is 0 Å². The highest BCUT2D eigenvalue weighted by molar-refractivity contribution is 5.70. The smallest absolute Gasteiger partial charge is 0.306 e. The van der Waals surface area contributed by atoms with E-state index in [4.69, 9.17) is 14.2 Å². The molecule has 0 heterocycles. The summed E-state index contributed by atoms with van der Waals surface area (Å²) < 4.78 is 17.1. The lowest BCUT2D eigenvalue weighted by molar-refractivity contribution is -0.889. The van der Waals surface area contributed by atoms with Crippen LogP contribution in [0.15, 0.2) is 134 Å². The number of aliphatic carboxylic acids is 1. The van der Waals surface area contributed by atoms with Crippen LogP contribution in [0, 0.1) is 0 Å². The highest BCUT2D eigenvalue weighted by Gasteiger charge is 2.25. The van der Waals surface area contributed by atoms with E-state index in [0.717, 1.165) is 109 Å². The number of carboxylic acid groups (broad SMARTS) is 1. The fraction of sp³-hybridized carbons (Fsp3) is 0.554. The maximum Gasteiger partial charge on any atom is 0.306 e. The van der Waals surface area contributed by atoms with E-state index in [1.807, 2.05) is 0 Å². The molecule has 0 rings (SSSR count). The number of carboxylic acids is 1. The Hall–Kier alpha value is -4.53. The van der Waals surface area contributed by atoms with Gasteiger partial charge in [-0.05, 0) is 109 Å². The molecule has 0 spiro atoms. The number of carbonyl (C=O) groups is 3. The molecule has 358 valence electrons. The molecule has 0 aromatic carbocycles. The van der Waals surface area contributed by atoms with Crippen molar-refractivity contribution in [1.29, 1.82) is 0 Å². The Labute approximate surface area is 390 Å². The van der Waals surface area contributed by atoms with Gasteiger partial charge in [0.25, 0.3) is 0 Å². The molecule has 8 nitrogen and oxygen atoms in total. The number of ether oxygens (including phenoxy) is 3. The Bertz CT molecular complexity index is 1500. The number of allylic oxidation sites excluding steroid dienone is 22. The summed E-state index contributed by atoms with van der Waals surface area (Å²) in [6.45, 7) is 4.32. The summed E-state index contributed by atoms with van der Waals surface area (Å²) in [7, 11) is 5.37. The number of esters is 2. The monoisotopic (exact) mass is 886 g/mol. The molecule has 0 amide bonds. The Morgan fingerprint density at radius 1 is 0.469 bits per heavy atom. The van der Waals surface area contributed by atoms with Gasteiger partial charge in [-0.1, -0.05) is 154 Å². The zero-order valence-electron chi connectivity index (χ0n) is 40.6. The molecule has 0 aromatic heterocycles. The standard InChI is InChI=1S/C56H87NO7/c1-6-8-10-12-14-16-18-20-22-24-26-27-29-31-33-35-37-39-41-43-45-47-55(59)64-52(50-62-49-48-53(56(60)61)57(3,4)5)51-63-54(58)46-44-42-40-38-36-34-32-30-28-25-23-21-19-17-15-13-11-9-7-2/h8-11,14-17,20-23,26-28,30-31,33-34,36-37,39,52-53H,6-7,12-13,18-19,24-25,29,32,35,38,40-51H2,1-5H3/b10-8+,11-9+,16-14+,17-15+,22-20+,23-21+,27-26+,30-28+,33-31+,36-34+,39-37+. The number of likely N-dealkylation sites (N-methyl/N-ethyl adjacent to an activating group) is 1. The third-order valence-electron chi connectivity index (χ3n) is 9.78. The van der Waals surface area contributed by atoms with Crippen molar-refractivity contribution in [2.45, 2.75) is 161 Å². The van der Waals surface area contributed by atoms with Crippen molar-refractivity contribution in [2.24, 2.45) is 0 Å². The highest BCUT2D eigenvalue weighted by Crippen LogP contribution is 2.11. The number of hydrogen-bond acceptors (Lipinski definition) is 7. The number of quaternary nitrogens is 1. The molecule has 0 saturated heterocycles. The third-order valence-corrected chi connectivity index (χ3v) is 9.78. The van der Waals surface area contributed by atoms with Crippen LogP contribution < -0.4 is 5.11 Å². The molecule has 0 saturated carbocycles. The van der Waals surface area contributed by atoms with Crippen LogP contribution in [0.3, 0.4) is 0 Å². The van der Waals surface area contributed by atoms with E-state index in [9.17, 15) is 19.5 Å². The van der Waals surface area contributed by atoms with E-state index in [0.29, 0.717) is 12.8 Å². The zero-order valence-corrected chi connectivity index (χ0v) is 40.6. The minimum Gasteiger partial charge on any atom is -0.544 e. The molecule has 0 radical (unpaired) electrons. The summed E-state index contributed by atoms with van der Waals surface area (Å²) >= 11 is 0. The van der Waals surface area contributed by atoms with Crippen molar-refractivity contribution in [1.82, 2.24) is 0 Å². The molecule has 2 unspecified atom stereocenters. The first-order chi connectivity index (χ1) is 31.1. The molecule has 0 N–H and O–H groups in total. The van der Waals surface area contributed by atoms with Crippen LogP contribution in [0.2, 0.25) is 0 Å². The fourth-order valence-electron chi connectivity index (χ4n) is 6.10. The van der Waals surface area contributed by atoms with Gasteiger partial charge < -0.3 is 28.6 Å². The lowest BCUT2D eigenvalue weighted by atomic mass is 10.1. The normalized spacial score (nSPS) is 14.1. The number of unbranched alkanes of at least 4 members (excludes halogenated alkanes) is 5. The van der Waals surface area contributed by atoms with E-state index in [2.05, 4.69) is 148 Å². The van der Waals surface area contributed by atoms with Crippen molar-refractivity contribution < 1.29 is 38.2 Å². The first-order valence-electron chi connectivity index (χ1n) is 24.2. The van der Waals surface area contributed by atoms with Crippen LogP contribution in [-0.2, 0) is 28.6 Å². The predicted molar refractivity (Wildman–Crippen MR) is 267 cm³/mol. The maximum absolute atomic E-state index is 12.8. The average Bonchev–Trinajstić information content (AvgIpc) is 3.26. The second kappa shape index (κ2) is 45.1. The quantitative estimate of drug-likeness (QED) is 0.0261. The Morgan fingerprint density at radius 2 is 0.828 bits per heavy atom. The van der Waals surface area contributed by atoms with Crippen LogP contribution in [0.25, 0.3) is 0 Å². The summed E-state index contributed by atoms with van der Waals surface area (Å²) in [6.07, 6.45) is 64.8. The molecule has 8 heteroatoms. The second-order valence-corrected chi connectivity index (χ2v) is 16.6. The molecule has 2 atom stereocenters. The topological polar surface area (TPSA) is 102 Å². The molecule has 0 fully saturated rings. The van der Waals surface area contributed by atoms with Gasteiger partial charge in [-0.3, -0.25) is 9.59 Å². The first kappa shape index (κ1) is 59.5. The highest BCUT2D eigenvalue weighted by atomic mass is 16.6. The molecule has 0 aliphatic heterocycles. The van der Waals surface area contributed by atoms with Gasteiger partial charge in [0.1, 0.15) is 12.6 Å². The minimum atomic E-state index is -1.14. The minimum absolute atomic E-state index is 0.00170. The number of hydrogen-bond donors (Lipinski definition) is 0. The molecule has 0 bridgehead atoms. The van der Waals surface area contributed by atoms with Crippen LogP contribution in [0.1, 0.15) is 149 Å². The summed E-state index contributed by atoms with van der Waals surface area (Å²) in [5.41, 5.74) is 0. The summed E-state index contributed by atoms with van der Waals surface area (Å²) in [4.78, 5) is 37.0. The molecule has 0 aromatic rings. The average molecular weight is 886 g/mol. The Balaban J connectivity index is 4.48. The molecule has 0 aliphatic rings. The maximum atomic E-state index is 12.8. The third kappa shape index (κ3) is 42.8.